The molecule has 2 nitrogen and oxygen atoms in total. The molecule has 0 amide bonds. The number of aromatic amines is 2. The third-order valence-electron chi connectivity index (χ3n) is 6.52. The molecule has 0 radical (unpaired) electrons. The lowest BCUT2D eigenvalue weighted by molar-refractivity contribution is -0.140. The third kappa shape index (κ3) is 3.60. The number of H-pyrrole nitrogens is 2. The van der Waals surface area contributed by atoms with Crippen LogP contribution >= 0.6 is 0 Å². The van der Waals surface area contributed by atoms with Gasteiger partial charge in [0.2, 0.25) is 0 Å². The van der Waals surface area contributed by atoms with Gasteiger partial charge in [0.05, 0.1) is 11.4 Å². The Balaban J connectivity index is 1.74. The lowest BCUT2D eigenvalue weighted by atomic mass is 9.84. The van der Waals surface area contributed by atoms with Crippen LogP contribution in [0.2, 0.25) is 0 Å². The number of alkyl halides is 3. The molecule has 0 unspecified atom stereocenters. The van der Waals surface area contributed by atoms with E-state index in [1.54, 1.807) is 24.3 Å². The van der Waals surface area contributed by atoms with Crippen molar-refractivity contribution in [1.29, 1.82) is 0 Å². The Kier molecular flexibility index (Phi) is 4.99. The molecule has 2 heterocycles. The zero-order valence-electron chi connectivity index (χ0n) is 18.6. The smallest absolute Gasteiger partial charge is 0.354 e. The highest BCUT2D eigenvalue weighted by molar-refractivity contribution is 5.96. The van der Waals surface area contributed by atoms with Crippen LogP contribution in [0.5, 0.6) is 0 Å². The van der Waals surface area contributed by atoms with Crippen molar-refractivity contribution in [3.8, 4) is 22.5 Å². The molecule has 0 saturated heterocycles. The molecule has 4 aromatic carbocycles. The average molecular weight is 467 g/mol. The first kappa shape index (κ1) is 21.3. The monoisotopic (exact) mass is 466 g/mol. The predicted molar refractivity (Wildman–Crippen MR) is 135 cm³/mol. The third-order valence-corrected chi connectivity index (χ3v) is 6.52. The number of hydrogen-bond acceptors (Lipinski definition) is 0. The predicted octanol–water partition coefficient (Wildman–Crippen LogP) is 8.68. The van der Waals surface area contributed by atoms with Crippen LogP contribution in [0.4, 0.5) is 13.2 Å². The minimum absolute atomic E-state index is 0.237. The highest BCUT2D eigenvalue weighted by atomic mass is 19.4. The van der Waals surface area contributed by atoms with E-state index in [2.05, 4.69) is 9.97 Å². The second-order valence-corrected chi connectivity index (χ2v) is 8.63. The lowest BCUT2D eigenvalue weighted by Crippen LogP contribution is -2.23. The van der Waals surface area contributed by atoms with E-state index in [-0.39, 0.29) is 11.1 Å². The van der Waals surface area contributed by atoms with Gasteiger partial charge in [0.1, 0.15) is 5.92 Å². The molecular weight excluding hydrogens is 445 g/mol. The molecule has 0 aliphatic carbocycles. The van der Waals surface area contributed by atoms with Crippen LogP contribution in [-0.2, 0) is 0 Å². The molecule has 0 saturated carbocycles. The molecule has 35 heavy (non-hydrogen) atoms. The van der Waals surface area contributed by atoms with E-state index >= 15 is 13.2 Å². The molecule has 0 aliphatic heterocycles. The minimum atomic E-state index is -4.54. The van der Waals surface area contributed by atoms with Gasteiger partial charge >= 0.3 is 6.18 Å². The van der Waals surface area contributed by atoms with Crippen molar-refractivity contribution >= 4 is 21.8 Å². The number of hydrogen-bond donors (Lipinski definition) is 2. The first-order chi connectivity index (χ1) is 17.0. The summed E-state index contributed by atoms with van der Waals surface area (Å²) in [5.74, 6) is -1.85. The maximum absolute atomic E-state index is 15.3. The molecule has 6 rings (SSSR count). The molecule has 0 fully saturated rings. The average Bonchev–Trinajstić information content (AvgIpc) is 3.44. The molecule has 5 heteroatoms. The normalized spacial score (nSPS) is 12.1. The Hall–Kier alpha value is -4.25. The zero-order valence-corrected chi connectivity index (χ0v) is 18.6. The molecule has 0 atom stereocenters. The Morgan fingerprint density at radius 1 is 0.486 bits per heavy atom. The molecular formula is C30H21F3N2. The minimum Gasteiger partial charge on any atom is -0.354 e. The van der Waals surface area contributed by atoms with Crippen molar-refractivity contribution < 1.29 is 13.2 Å². The fourth-order valence-electron chi connectivity index (χ4n) is 5.06. The van der Waals surface area contributed by atoms with Gasteiger partial charge in [-0.2, -0.15) is 13.2 Å². The summed E-state index contributed by atoms with van der Waals surface area (Å²) in [6.07, 6.45) is -4.54. The number of rotatable bonds is 4. The van der Waals surface area contributed by atoms with Crippen molar-refractivity contribution in [3.63, 3.8) is 0 Å². The van der Waals surface area contributed by atoms with E-state index in [1.807, 2.05) is 84.9 Å². The maximum atomic E-state index is 15.3. The van der Waals surface area contributed by atoms with Crippen LogP contribution in [0.15, 0.2) is 109 Å². The van der Waals surface area contributed by atoms with E-state index < -0.39 is 12.1 Å². The fourth-order valence-corrected chi connectivity index (χ4v) is 5.06. The van der Waals surface area contributed by atoms with Crippen LogP contribution < -0.4 is 0 Å². The Morgan fingerprint density at radius 2 is 0.857 bits per heavy atom. The topological polar surface area (TPSA) is 31.6 Å². The van der Waals surface area contributed by atoms with Crippen LogP contribution in [0, 0.1) is 0 Å². The number of aromatic nitrogens is 2. The SMILES string of the molecule is FC(F)(F)C(c1c(-c2ccccc2)[nH]c2ccccc12)c1c(-c2ccccc2)[nH]c2ccccc12. The highest BCUT2D eigenvalue weighted by Crippen LogP contribution is 2.51. The van der Waals surface area contributed by atoms with Gasteiger partial charge in [-0.1, -0.05) is 97.1 Å². The van der Waals surface area contributed by atoms with E-state index in [9.17, 15) is 0 Å². The summed E-state index contributed by atoms with van der Waals surface area (Å²) in [6.45, 7) is 0. The van der Waals surface area contributed by atoms with E-state index in [0.29, 0.717) is 44.3 Å². The molecule has 0 bridgehead atoms. The molecule has 0 spiro atoms. The highest BCUT2D eigenvalue weighted by Gasteiger charge is 2.47. The number of nitrogens with one attached hydrogen (secondary N) is 2. The van der Waals surface area contributed by atoms with Gasteiger partial charge in [-0.3, -0.25) is 0 Å². The quantitative estimate of drug-likeness (QED) is 0.260. The largest absolute Gasteiger partial charge is 0.399 e. The van der Waals surface area contributed by atoms with Gasteiger partial charge < -0.3 is 9.97 Å². The standard InChI is InChI=1S/C30H21F3N2/c31-30(32,33)27(25-21-15-7-9-17-23(21)34-28(25)19-11-3-1-4-12-19)26-22-16-8-10-18-24(22)35-29(26)20-13-5-2-6-14-20/h1-18,27,34-35H. The fraction of sp³-hybridized carbons (Fsp3) is 0.0667. The summed E-state index contributed by atoms with van der Waals surface area (Å²) in [4.78, 5) is 6.58. The first-order valence-corrected chi connectivity index (χ1v) is 11.4. The van der Waals surface area contributed by atoms with Gasteiger partial charge in [0.25, 0.3) is 0 Å². The summed E-state index contributed by atoms with van der Waals surface area (Å²) < 4.78 is 45.8. The summed E-state index contributed by atoms with van der Waals surface area (Å²) in [6, 6.07) is 32.9. The van der Waals surface area contributed by atoms with Gasteiger partial charge in [0.15, 0.2) is 0 Å². The van der Waals surface area contributed by atoms with Crippen molar-refractivity contribution in [2.75, 3.05) is 0 Å². The summed E-state index contributed by atoms with van der Waals surface area (Å²) in [7, 11) is 0. The first-order valence-electron chi connectivity index (χ1n) is 11.4. The van der Waals surface area contributed by atoms with Crippen molar-refractivity contribution in [2.45, 2.75) is 12.1 Å². The van der Waals surface area contributed by atoms with Gasteiger partial charge in [-0.15, -0.1) is 0 Å². The molecule has 0 aliphatic rings. The van der Waals surface area contributed by atoms with Crippen molar-refractivity contribution in [2.24, 2.45) is 0 Å². The maximum Gasteiger partial charge on any atom is 0.399 e. The van der Waals surface area contributed by atoms with Gasteiger partial charge in [0, 0.05) is 32.9 Å². The Bertz CT molecular complexity index is 1510. The van der Waals surface area contributed by atoms with E-state index in [1.165, 1.54) is 0 Å². The van der Waals surface area contributed by atoms with E-state index in [0.717, 1.165) is 0 Å². The summed E-state index contributed by atoms with van der Waals surface area (Å²) in [5, 5.41) is 1.14. The van der Waals surface area contributed by atoms with Crippen molar-refractivity contribution in [3.05, 3.63) is 120 Å². The number of fused-ring (bicyclic) bond motifs is 2. The Morgan fingerprint density at radius 3 is 1.26 bits per heavy atom. The number of halogens is 3. The molecule has 2 N–H and O–H groups in total. The zero-order chi connectivity index (χ0) is 24.0. The Labute approximate surface area is 200 Å². The van der Waals surface area contributed by atoms with Gasteiger partial charge in [-0.05, 0) is 23.3 Å². The lowest BCUT2D eigenvalue weighted by Gasteiger charge is -2.23. The second kappa shape index (κ2) is 8.20. The van der Waals surface area contributed by atoms with Crippen LogP contribution in [0.3, 0.4) is 0 Å². The summed E-state index contributed by atoms with van der Waals surface area (Å²) >= 11 is 0. The van der Waals surface area contributed by atoms with Gasteiger partial charge in [-0.25, -0.2) is 0 Å². The number of para-hydroxylation sites is 2. The van der Waals surface area contributed by atoms with E-state index in [4.69, 9.17) is 0 Å². The van der Waals surface area contributed by atoms with Crippen LogP contribution in [0.25, 0.3) is 44.3 Å². The molecule has 172 valence electrons. The molecule has 2 aromatic heterocycles. The van der Waals surface area contributed by atoms with Crippen LogP contribution in [-0.4, -0.2) is 16.1 Å². The second-order valence-electron chi connectivity index (χ2n) is 8.63. The number of benzene rings is 4. The summed E-state index contributed by atoms with van der Waals surface area (Å²) in [5.41, 5.74) is 4.23. The van der Waals surface area contributed by atoms with Crippen LogP contribution in [0.1, 0.15) is 17.0 Å². The molecule has 6 aromatic rings. The van der Waals surface area contributed by atoms with Crippen molar-refractivity contribution in [1.82, 2.24) is 9.97 Å².